The third kappa shape index (κ3) is 4.02. The summed E-state index contributed by atoms with van der Waals surface area (Å²) in [6.45, 7) is 5.54. The second-order valence-corrected chi connectivity index (χ2v) is 7.02. The molecule has 7 nitrogen and oxygen atoms in total. The molecule has 1 aromatic carbocycles. The average Bonchev–Trinajstić information content (AvgIpc) is 2.86. The van der Waals surface area contributed by atoms with Crippen LogP contribution in [0.3, 0.4) is 0 Å². The Balaban J connectivity index is 2.12. The monoisotopic (exact) mass is 352 g/mol. The van der Waals surface area contributed by atoms with Crippen LogP contribution in [-0.4, -0.2) is 21.4 Å². The Morgan fingerprint density at radius 2 is 1.83 bits per heavy atom. The van der Waals surface area contributed by atoms with Gasteiger partial charge in [-0.05, 0) is 51.1 Å². The molecule has 0 aliphatic rings. The number of carbonyl (C=O) groups is 1. The largest absolute Gasteiger partial charge is 0.466 e. The van der Waals surface area contributed by atoms with E-state index in [1.807, 2.05) is 31.7 Å². The standard InChI is InChI=1S/C16H20N2O5S/c1-10-9-15(12(3)23-10)11(2)17-16(19)13-5-7-14(8-6-13)24(20,21)18-22-4/h5-9,11,18H,1-4H3,(H,17,19). The summed E-state index contributed by atoms with van der Waals surface area (Å²) in [7, 11) is -2.53. The zero-order valence-corrected chi connectivity index (χ0v) is 14.7. The number of hydrogen-bond acceptors (Lipinski definition) is 5. The Bertz CT molecular complexity index is 825. The van der Waals surface area contributed by atoms with Crippen LogP contribution in [0.1, 0.15) is 40.4 Å². The van der Waals surface area contributed by atoms with Gasteiger partial charge in [-0.2, -0.15) is 0 Å². The van der Waals surface area contributed by atoms with Gasteiger partial charge in [-0.15, -0.1) is 0 Å². The van der Waals surface area contributed by atoms with Gasteiger partial charge < -0.3 is 9.73 Å². The van der Waals surface area contributed by atoms with Gasteiger partial charge in [0.2, 0.25) is 0 Å². The lowest BCUT2D eigenvalue weighted by molar-refractivity contribution is 0.0939. The fourth-order valence-electron chi connectivity index (χ4n) is 2.38. The van der Waals surface area contributed by atoms with Crippen molar-refractivity contribution in [3.63, 3.8) is 0 Å². The molecule has 2 rings (SSSR count). The summed E-state index contributed by atoms with van der Waals surface area (Å²) in [4.78, 5) is 18.6. The molecule has 2 N–H and O–H groups in total. The maximum Gasteiger partial charge on any atom is 0.262 e. The van der Waals surface area contributed by atoms with Crippen LogP contribution in [0.5, 0.6) is 0 Å². The Hall–Kier alpha value is -2.16. The van der Waals surface area contributed by atoms with Crippen LogP contribution in [0.25, 0.3) is 0 Å². The van der Waals surface area contributed by atoms with Gasteiger partial charge in [0.05, 0.1) is 18.0 Å². The Morgan fingerprint density at radius 3 is 2.33 bits per heavy atom. The van der Waals surface area contributed by atoms with Crippen molar-refractivity contribution in [3.8, 4) is 0 Å². The second kappa shape index (κ2) is 7.16. The number of carbonyl (C=O) groups excluding carboxylic acids is 1. The summed E-state index contributed by atoms with van der Waals surface area (Å²) in [5, 5.41) is 2.86. The molecule has 8 heteroatoms. The smallest absolute Gasteiger partial charge is 0.262 e. The van der Waals surface area contributed by atoms with Gasteiger partial charge in [0, 0.05) is 11.1 Å². The van der Waals surface area contributed by atoms with Crippen molar-refractivity contribution in [2.24, 2.45) is 0 Å². The summed E-state index contributed by atoms with van der Waals surface area (Å²) in [5.74, 6) is 1.24. The first-order valence-electron chi connectivity index (χ1n) is 7.27. The molecule has 0 fully saturated rings. The number of rotatable bonds is 6. The number of nitrogens with one attached hydrogen (secondary N) is 2. The van der Waals surface area contributed by atoms with Gasteiger partial charge in [0.1, 0.15) is 11.5 Å². The Labute approximate surface area is 141 Å². The summed E-state index contributed by atoms with van der Waals surface area (Å²) >= 11 is 0. The second-order valence-electron chi connectivity index (χ2n) is 5.38. The molecule has 0 saturated heterocycles. The molecule has 130 valence electrons. The molecule has 1 atom stereocenters. The van der Waals surface area contributed by atoms with E-state index in [4.69, 9.17) is 4.42 Å². The first-order chi connectivity index (χ1) is 11.2. The summed E-state index contributed by atoms with van der Waals surface area (Å²) in [6.07, 6.45) is 0. The SMILES string of the molecule is CONS(=O)(=O)c1ccc(C(=O)NC(C)c2cc(C)oc2C)cc1. The normalized spacial score (nSPS) is 12.8. The molecule has 0 aliphatic heterocycles. The molecule has 1 unspecified atom stereocenters. The maximum absolute atomic E-state index is 12.3. The van der Waals surface area contributed by atoms with Crippen molar-refractivity contribution in [1.29, 1.82) is 0 Å². The first kappa shape index (κ1) is 18.2. The molecule has 0 aliphatic carbocycles. The fourth-order valence-corrected chi connectivity index (χ4v) is 3.19. The minimum absolute atomic E-state index is 0.00949. The number of sulfonamides is 1. The van der Waals surface area contributed by atoms with Gasteiger partial charge in [-0.1, -0.05) is 4.89 Å². The highest BCUT2D eigenvalue weighted by Gasteiger charge is 2.18. The molecule has 1 amide bonds. The third-order valence-corrected chi connectivity index (χ3v) is 4.79. The van der Waals surface area contributed by atoms with Gasteiger partial charge in [0.25, 0.3) is 15.9 Å². The van der Waals surface area contributed by atoms with Crippen molar-refractivity contribution in [1.82, 2.24) is 10.2 Å². The van der Waals surface area contributed by atoms with Crippen LogP contribution in [0.4, 0.5) is 0 Å². The molecule has 1 heterocycles. The fraction of sp³-hybridized carbons (Fsp3) is 0.312. The summed E-state index contributed by atoms with van der Waals surface area (Å²) in [5.41, 5.74) is 1.26. The van der Waals surface area contributed by atoms with E-state index in [1.165, 1.54) is 31.4 Å². The molecule has 0 saturated carbocycles. The molecular weight excluding hydrogens is 332 g/mol. The van der Waals surface area contributed by atoms with Crippen LogP contribution >= 0.6 is 0 Å². The quantitative estimate of drug-likeness (QED) is 0.777. The minimum Gasteiger partial charge on any atom is -0.466 e. The predicted molar refractivity (Wildman–Crippen MR) is 87.8 cm³/mol. The number of aryl methyl sites for hydroxylation is 2. The molecular formula is C16H20N2O5S. The number of benzene rings is 1. The summed E-state index contributed by atoms with van der Waals surface area (Å²) < 4.78 is 29.0. The Morgan fingerprint density at radius 1 is 1.21 bits per heavy atom. The van der Waals surface area contributed by atoms with Crippen LogP contribution in [0.15, 0.2) is 39.6 Å². The van der Waals surface area contributed by atoms with E-state index >= 15 is 0 Å². The van der Waals surface area contributed by atoms with E-state index in [2.05, 4.69) is 10.2 Å². The molecule has 24 heavy (non-hydrogen) atoms. The maximum atomic E-state index is 12.3. The van der Waals surface area contributed by atoms with Crippen molar-refractivity contribution in [2.75, 3.05) is 7.11 Å². The predicted octanol–water partition coefficient (Wildman–Crippen LogP) is 2.23. The van der Waals surface area contributed by atoms with Crippen LogP contribution in [0, 0.1) is 13.8 Å². The summed E-state index contributed by atoms with van der Waals surface area (Å²) in [6, 6.07) is 7.22. The zero-order valence-electron chi connectivity index (χ0n) is 13.9. The average molecular weight is 352 g/mol. The lowest BCUT2D eigenvalue weighted by Gasteiger charge is -2.13. The van der Waals surface area contributed by atoms with E-state index in [-0.39, 0.29) is 16.8 Å². The molecule has 0 spiro atoms. The lowest BCUT2D eigenvalue weighted by atomic mass is 10.1. The van der Waals surface area contributed by atoms with E-state index in [9.17, 15) is 13.2 Å². The van der Waals surface area contributed by atoms with Crippen molar-refractivity contribution in [2.45, 2.75) is 31.7 Å². The van der Waals surface area contributed by atoms with Crippen LogP contribution < -0.4 is 10.2 Å². The van der Waals surface area contributed by atoms with E-state index in [1.54, 1.807) is 0 Å². The zero-order chi connectivity index (χ0) is 17.9. The first-order valence-corrected chi connectivity index (χ1v) is 8.75. The highest BCUT2D eigenvalue weighted by Crippen LogP contribution is 2.21. The van der Waals surface area contributed by atoms with Gasteiger partial charge in [-0.25, -0.2) is 8.42 Å². The van der Waals surface area contributed by atoms with Gasteiger partial charge in [0.15, 0.2) is 0 Å². The third-order valence-electron chi connectivity index (χ3n) is 3.51. The van der Waals surface area contributed by atoms with Crippen LogP contribution in [0.2, 0.25) is 0 Å². The molecule has 0 radical (unpaired) electrons. The molecule has 1 aromatic heterocycles. The topological polar surface area (TPSA) is 97.6 Å². The van der Waals surface area contributed by atoms with Gasteiger partial charge in [-0.3, -0.25) is 9.63 Å². The lowest BCUT2D eigenvalue weighted by Crippen LogP contribution is -2.27. The number of amides is 1. The molecule has 2 aromatic rings. The van der Waals surface area contributed by atoms with E-state index < -0.39 is 10.0 Å². The van der Waals surface area contributed by atoms with Crippen molar-refractivity contribution in [3.05, 3.63) is 53.0 Å². The Kier molecular flexibility index (Phi) is 5.43. The van der Waals surface area contributed by atoms with Crippen LogP contribution in [-0.2, 0) is 14.9 Å². The van der Waals surface area contributed by atoms with Crippen molar-refractivity contribution >= 4 is 15.9 Å². The van der Waals surface area contributed by atoms with E-state index in [0.29, 0.717) is 5.56 Å². The number of hydrogen-bond donors (Lipinski definition) is 2. The highest BCUT2D eigenvalue weighted by molar-refractivity contribution is 7.89. The highest BCUT2D eigenvalue weighted by atomic mass is 32.2. The van der Waals surface area contributed by atoms with E-state index in [0.717, 1.165) is 17.1 Å². The minimum atomic E-state index is -3.74. The molecule has 0 bridgehead atoms. The van der Waals surface area contributed by atoms with Crippen molar-refractivity contribution < 1.29 is 22.5 Å². The number of furan rings is 1. The van der Waals surface area contributed by atoms with Gasteiger partial charge >= 0.3 is 0 Å².